The number of nitriles is 1. The van der Waals surface area contributed by atoms with E-state index in [2.05, 4.69) is 20.9 Å². The minimum atomic E-state index is 0.442. The Bertz CT molecular complexity index is 468. The highest BCUT2D eigenvalue weighted by atomic mass is 79.9. The molecule has 0 aliphatic carbocycles. The molecule has 0 radical (unpaired) electrons. The first-order valence-electron chi connectivity index (χ1n) is 3.75. The molecule has 0 N–H and O–H groups in total. The molecule has 0 amide bonds. The van der Waals surface area contributed by atoms with E-state index in [1.54, 1.807) is 6.20 Å². The molecule has 4 heteroatoms. The third kappa shape index (κ3) is 1.31. The third-order valence-corrected chi connectivity index (χ3v) is 2.68. The standard InChI is InChI=1S/C9H6BrN3/c1-6-2-9-12-7(3-11)4-13(9)5-8(6)10/h2,4-5H,1H3. The summed E-state index contributed by atoms with van der Waals surface area (Å²) < 4.78 is 2.84. The largest absolute Gasteiger partial charge is 0.305 e. The van der Waals surface area contributed by atoms with Gasteiger partial charge >= 0.3 is 0 Å². The Morgan fingerprint density at radius 3 is 3.00 bits per heavy atom. The lowest BCUT2D eigenvalue weighted by molar-refractivity contribution is 1.15. The van der Waals surface area contributed by atoms with Crippen LogP contribution in [0.5, 0.6) is 0 Å². The fourth-order valence-corrected chi connectivity index (χ4v) is 1.49. The second kappa shape index (κ2) is 2.86. The number of rotatable bonds is 0. The molecule has 2 aromatic heterocycles. The van der Waals surface area contributed by atoms with Gasteiger partial charge in [0.1, 0.15) is 11.7 Å². The number of halogens is 1. The van der Waals surface area contributed by atoms with E-state index in [0.717, 1.165) is 15.7 Å². The molecule has 2 aromatic rings. The zero-order valence-corrected chi connectivity index (χ0v) is 8.54. The number of nitrogens with zero attached hydrogens (tertiary/aromatic N) is 3. The van der Waals surface area contributed by atoms with Crippen LogP contribution in [-0.2, 0) is 0 Å². The van der Waals surface area contributed by atoms with E-state index in [4.69, 9.17) is 5.26 Å². The SMILES string of the molecule is Cc1cc2nc(C#N)cn2cc1Br. The lowest BCUT2D eigenvalue weighted by Gasteiger charge is -1.97. The van der Waals surface area contributed by atoms with Crippen LogP contribution in [0.25, 0.3) is 5.65 Å². The van der Waals surface area contributed by atoms with Crippen LogP contribution in [0.15, 0.2) is 22.9 Å². The summed E-state index contributed by atoms with van der Waals surface area (Å²) in [7, 11) is 0. The summed E-state index contributed by atoms with van der Waals surface area (Å²) in [5.41, 5.74) is 2.36. The van der Waals surface area contributed by atoms with Gasteiger partial charge < -0.3 is 4.40 Å². The van der Waals surface area contributed by atoms with Gasteiger partial charge in [0.05, 0.1) is 0 Å². The number of imidazole rings is 1. The Morgan fingerprint density at radius 2 is 2.31 bits per heavy atom. The van der Waals surface area contributed by atoms with Gasteiger partial charge in [-0.05, 0) is 34.5 Å². The van der Waals surface area contributed by atoms with Crippen molar-refractivity contribution in [1.29, 1.82) is 5.26 Å². The molecule has 0 saturated carbocycles. The molecule has 0 bridgehead atoms. The molecule has 0 spiro atoms. The highest BCUT2D eigenvalue weighted by Gasteiger charge is 2.02. The average Bonchev–Trinajstić information content (AvgIpc) is 2.48. The molecule has 13 heavy (non-hydrogen) atoms. The van der Waals surface area contributed by atoms with Crippen molar-refractivity contribution in [1.82, 2.24) is 9.38 Å². The minimum absolute atomic E-state index is 0.442. The summed E-state index contributed by atoms with van der Waals surface area (Å²) in [4.78, 5) is 4.11. The van der Waals surface area contributed by atoms with E-state index in [0.29, 0.717) is 5.69 Å². The lowest BCUT2D eigenvalue weighted by atomic mass is 10.3. The molecule has 0 fully saturated rings. The van der Waals surface area contributed by atoms with Gasteiger partial charge in [0.2, 0.25) is 0 Å². The second-order valence-electron chi connectivity index (χ2n) is 2.81. The van der Waals surface area contributed by atoms with Gasteiger partial charge in [0.25, 0.3) is 0 Å². The van der Waals surface area contributed by atoms with Crippen molar-refractivity contribution in [3.63, 3.8) is 0 Å². The Balaban J connectivity index is 2.79. The number of fused-ring (bicyclic) bond motifs is 1. The van der Waals surface area contributed by atoms with Crippen LogP contribution in [-0.4, -0.2) is 9.38 Å². The minimum Gasteiger partial charge on any atom is -0.305 e. The molecular weight excluding hydrogens is 230 g/mol. The van der Waals surface area contributed by atoms with E-state index in [1.807, 2.05) is 29.7 Å². The fourth-order valence-electron chi connectivity index (χ4n) is 1.16. The molecule has 64 valence electrons. The zero-order chi connectivity index (χ0) is 9.42. The van der Waals surface area contributed by atoms with E-state index in [9.17, 15) is 0 Å². The maximum Gasteiger partial charge on any atom is 0.159 e. The third-order valence-electron chi connectivity index (χ3n) is 1.85. The fraction of sp³-hybridized carbons (Fsp3) is 0.111. The van der Waals surface area contributed by atoms with Crippen molar-refractivity contribution in [2.45, 2.75) is 6.92 Å². The summed E-state index contributed by atoms with van der Waals surface area (Å²) in [5, 5.41) is 8.64. The summed E-state index contributed by atoms with van der Waals surface area (Å²) in [6.45, 7) is 1.99. The van der Waals surface area contributed by atoms with Crippen LogP contribution in [0.4, 0.5) is 0 Å². The summed E-state index contributed by atoms with van der Waals surface area (Å²) in [5.74, 6) is 0. The highest BCUT2D eigenvalue weighted by molar-refractivity contribution is 9.10. The van der Waals surface area contributed by atoms with Gasteiger partial charge in [0, 0.05) is 16.9 Å². The van der Waals surface area contributed by atoms with Crippen molar-refractivity contribution < 1.29 is 0 Å². The normalized spacial score (nSPS) is 10.2. The smallest absolute Gasteiger partial charge is 0.159 e. The van der Waals surface area contributed by atoms with E-state index in [1.165, 1.54) is 0 Å². The second-order valence-corrected chi connectivity index (χ2v) is 3.66. The quantitative estimate of drug-likeness (QED) is 0.704. The van der Waals surface area contributed by atoms with Crippen molar-refractivity contribution >= 4 is 21.6 Å². The molecule has 0 aromatic carbocycles. The molecule has 2 rings (SSSR count). The molecule has 0 aliphatic rings. The molecule has 2 heterocycles. The Hall–Kier alpha value is -1.34. The van der Waals surface area contributed by atoms with Crippen LogP contribution in [0, 0.1) is 18.3 Å². The first kappa shape index (κ1) is 8.27. The van der Waals surface area contributed by atoms with Crippen molar-refractivity contribution in [3.8, 4) is 6.07 Å². The first-order valence-corrected chi connectivity index (χ1v) is 4.55. The van der Waals surface area contributed by atoms with Crippen LogP contribution in [0.2, 0.25) is 0 Å². The maximum atomic E-state index is 8.64. The molecule has 0 aliphatic heterocycles. The van der Waals surface area contributed by atoms with E-state index >= 15 is 0 Å². The van der Waals surface area contributed by atoms with E-state index < -0.39 is 0 Å². The van der Waals surface area contributed by atoms with Gasteiger partial charge in [0.15, 0.2) is 5.69 Å². The van der Waals surface area contributed by atoms with Gasteiger partial charge in [-0.25, -0.2) is 4.98 Å². The Kier molecular flexibility index (Phi) is 1.82. The summed E-state index contributed by atoms with van der Waals surface area (Å²) in [6, 6.07) is 3.94. The van der Waals surface area contributed by atoms with Crippen LogP contribution in [0.3, 0.4) is 0 Å². The molecule has 0 saturated heterocycles. The molecular formula is C9H6BrN3. The monoisotopic (exact) mass is 235 g/mol. The van der Waals surface area contributed by atoms with E-state index in [-0.39, 0.29) is 0 Å². The lowest BCUT2D eigenvalue weighted by Crippen LogP contribution is -1.85. The van der Waals surface area contributed by atoms with Crippen molar-refractivity contribution in [3.05, 3.63) is 34.2 Å². The van der Waals surface area contributed by atoms with Gasteiger partial charge in [-0.15, -0.1) is 0 Å². The summed E-state index contributed by atoms with van der Waals surface area (Å²) in [6.07, 6.45) is 3.61. The van der Waals surface area contributed by atoms with Crippen molar-refractivity contribution in [2.75, 3.05) is 0 Å². The molecule has 3 nitrogen and oxygen atoms in total. The molecule has 0 atom stereocenters. The number of pyridine rings is 1. The Morgan fingerprint density at radius 1 is 1.54 bits per heavy atom. The van der Waals surface area contributed by atoms with Crippen LogP contribution in [0.1, 0.15) is 11.3 Å². The number of aryl methyl sites for hydroxylation is 1. The Labute approximate surface area is 83.8 Å². The van der Waals surface area contributed by atoms with Crippen LogP contribution < -0.4 is 0 Å². The van der Waals surface area contributed by atoms with Gasteiger partial charge in [-0.2, -0.15) is 5.26 Å². The average molecular weight is 236 g/mol. The predicted octanol–water partition coefficient (Wildman–Crippen LogP) is 2.28. The topological polar surface area (TPSA) is 41.1 Å². The van der Waals surface area contributed by atoms with Gasteiger partial charge in [-0.1, -0.05) is 0 Å². The zero-order valence-electron chi connectivity index (χ0n) is 6.95. The van der Waals surface area contributed by atoms with Crippen molar-refractivity contribution in [2.24, 2.45) is 0 Å². The summed E-state index contributed by atoms with van der Waals surface area (Å²) >= 11 is 3.42. The highest BCUT2D eigenvalue weighted by Crippen LogP contribution is 2.17. The number of aromatic nitrogens is 2. The first-order chi connectivity index (χ1) is 6.20. The van der Waals surface area contributed by atoms with Crippen LogP contribution >= 0.6 is 15.9 Å². The predicted molar refractivity (Wildman–Crippen MR) is 52.3 cm³/mol. The number of hydrogen-bond donors (Lipinski definition) is 0. The maximum absolute atomic E-state index is 8.64. The molecule has 0 unspecified atom stereocenters. The van der Waals surface area contributed by atoms with Gasteiger partial charge in [-0.3, -0.25) is 0 Å². The number of hydrogen-bond acceptors (Lipinski definition) is 2.